The Labute approximate surface area is 161 Å². The second-order valence-electron chi connectivity index (χ2n) is 7.64. The van der Waals surface area contributed by atoms with Crippen molar-refractivity contribution in [2.24, 2.45) is 5.92 Å². The molecular formula is C21H31N3O3. The summed E-state index contributed by atoms with van der Waals surface area (Å²) in [6.45, 7) is 4.80. The summed E-state index contributed by atoms with van der Waals surface area (Å²) >= 11 is 0. The van der Waals surface area contributed by atoms with Gasteiger partial charge in [0.05, 0.1) is 18.8 Å². The maximum atomic E-state index is 12.6. The molecule has 1 N–H and O–H groups in total. The number of rotatable bonds is 6. The Bertz CT molecular complexity index is 650. The molecule has 148 valence electrons. The molecule has 1 aromatic rings. The van der Waals surface area contributed by atoms with Crippen LogP contribution in [0.4, 0.5) is 5.69 Å². The Balaban J connectivity index is 1.48. The highest BCUT2D eigenvalue weighted by Gasteiger charge is 2.29. The number of carbonyl (C=O) groups excluding carboxylic acids is 2. The lowest BCUT2D eigenvalue weighted by atomic mass is 10.0. The zero-order valence-corrected chi connectivity index (χ0v) is 16.4. The van der Waals surface area contributed by atoms with Crippen LogP contribution in [-0.2, 0) is 9.59 Å². The monoisotopic (exact) mass is 373 g/mol. The highest BCUT2D eigenvalue weighted by molar-refractivity contribution is 5.95. The van der Waals surface area contributed by atoms with Crippen molar-refractivity contribution in [1.29, 1.82) is 0 Å². The first-order valence-corrected chi connectivity index (χ1v) is 10.0. The van der Waals surface area contributed by atoms with Crippen LogP contribution in [-0.4, -0.2) is 60.9 Å². The van der Waals surface area contributed by atoms with Crippen LogP contribution < -0.4 is 10.1 Å². The second kappa shape index (κ2) is 9.22. The van der Waals surface area contributed by atoms with E-state index in [0.29, 0.717) is 36.9 Å². The number of piperazine rings is 1. The lowest BCUT2D eigenvalue weighted by molar-refractivity contribution is -0.134. The molecule has 2 fully saturated rings. The number of anilines is 1. The number of ether oxygens (including phenoxy) is 1. The second-order valence-corrected chi connectivity index (χ2v) is 7.64. The molecule has 1 aliphatic carbocycles. The molecule has 1 saturated heterocycles. The van der Waals surface area contributed by atoms with Crippen LogP contribution in [0, 0.1) is 5.92 Å². The maximum absolute atomic E-state index is 12.6. The van der Waals surface area contributed by atoms with Gasteiger partial charge in [-0.05, 0) is 37.8 Å². The normalized spacial score (nSPS) is 19.7. The fourth-order valence-corrected chi connectivity index (χ4v) is 4.10. The van der Waals surface area contributed by atoms with Crippen molar-refractivity contribution in [2.75, 3.05) is 38.6 Å². The molecule has 0 unspecified atom stereocenters. The lowest BCUT2D eigenvalue weighted by Crippen LogP contribution is -2.54. The van der Waals surface area contributed by atoms with Gasteiger partial charge in [0, 0.05) is 32.6 Å². The summed E-state index contributed by atoms with van der Waals surface area (Å²) in [5.41, 5.74) is 0.683. The zero-order valence-electron chi connectivity index (χ0n) is 16.4. The van der Waals surface area contributed by atoms with Crippen LogP contribution in [0.15, 0.2) is 24.3 Å². The van der Waals surface area contributed by atoms with Crippen LogP contribution >= 0.6 is 0 Å². The lowest BCUT2D eigenvalue weighted by Gasteiger charge is -2.37. The standard InChI is InChI=1S/C21H31N3O3/c1-16(21(26)22-18-9-5-6-10-19(18)27-2)23-11-13-24(14-12-23)20(25)15-17-7-3-4-8-17/h5-6,9-10,16-17H,3-4,7-8,11-15H2,1-2H3,(H,22,26)/t16-/m0/s1. The first-order valence-electron chi connectivity index (χ1n) is 10.0. The van der Waals surface area contributed by atoms with Crippen molar-refractivity contribution < 1.29 is 14.3 Å². The number of carbonyl (C=O) groups is 2. The first-order chi connectivity index (χ1) is 13.1. The molecule has 0 bridgehead atoms. The van der Waals surface area contributed by atoms with Crippen LogP contribution in [0.25, 0.3) is 0 Å². The van der Waals surface area contributed by atoms with Crippen LogP contribution in [0.1, 0.15) is 39.0 Å². The third kappa shape index (κ3) is 5.01. The number of benzene rings is 1. The van der Waals surface area contributed by atoms with Gasteiger partial charge < -0.3 is 15.0 Å². The SMILES string of the molecule is COc1ccccc1NC(=O)[C@H](C)N1CCN(C(=O)CC2CCCC2)CC1. The van der Waals surface area contributed by atoms with Gasteiger partial charge in [-0.1, -0.05) is 25.0 Å². The predicted octanol–water partition coefficient (Wildman–Crippen LogP) is 2.75. The summed E-state index contributed by atoms with van der Waals surface area (Å²) in [6, 6.07) is 7.16. The van der Waals surface area contributed by atoms with Gasteiger partial charge in [0.2, 0.25) is 11.8 Å². The van der Waals surface area contributed by atoms with Gasteiger partial charge in [-0.3, -0.25) is 14.5 Å². The fourth-order valence-electron chi connectivity index (χ4n) is 4.10. The molecule has 1 saturated carbocycles. The molecule has 1 aliphatic heterocycles. The number of hydrogen-bond donors (Lipinski definition) is 1. The molecule has 1 aromatic carbocycles. The quantitative estimate of drug-likeness (QED) is 0.833. The molecule has 27 heavy (non-hydrogen) atoms. The number of hydrogen-bond acceptors (Lipinski definition) is 4. The van der Waals surface area contributed by atoms with Gasteiger partial charge in [0.15, 0.2) is 0 Å². The molecule has 6 heteroatoms. The van der Waals surface area contributed by atoms with Gasteiger partial charge >= 0.3 is 0 Å². The highest BCUT2D eigenvalue weighted by atomic mass is 16.5. The molecule has 2 amide bonds. The average Bonchev–Trinajstić information content (AvgIpc) is 3.21. The third-order valence-corrected chi connectivity index (χ3v) is 5.90. The van der Waals surface area contributed by atoms with Crippen LogP contribution in [0.2, 0.25) is 0 Å². The molecule has 2 aliphatic rings. The predicted molar refractivity (Wildman–Crippen MR) is 106 cm³/mol. The van der Waals surface area contributed by atoms with E-state index in [-0.39, 0.29) is 17.9 Å². The summed E-state index contributed by atoms with van der Waals surface area (Å²) in [5.74, 6) is 1.47. The molecule has 0 spiro atoms. The molecular weight excluding hydrogens is 342 g/mol. The number of nitrogens with zero attached hydrogens (tertiary/aromatic N) is 2. The Morgan fingerprint density at radius 1 is 1.15 bits per heavy atom. The summed E-state index contributed by atoms with van der Waals surface area (Å²) < 4.78 is 5.29. The Kier molecular flexibility index (Phi) is 6.72. The Morgan fingerprint density at radius 2 is 1.81 bits per heavy atom. The van der Waals surface area contributed by atoms with E-state index in [0.717, 1.165) is 13.1 Å². The topological polar surface area (TPSA) is 61.9 Å². The van der Waals surface area contributed by atoms with Crippen molar-refractivity contribution in [1.82, 2.24) is 9.80 Å². The van der Waals surface area contributed by atoms with E-state index in [4.69, 9.17) is 4.74 Å². The number of methoxy groups -OCH3 is 1. The molecule has 0 radical (unpaired) electrons. The van der Waals surface area contributed by atoms with E-state index in [1.165, 1.54) is 25.7 Å². The van der Waals surface area contributed by atoms with Crippen LogP contribution in [0.5, 0.6) is 5.75 Å². The summed E-state index contributed by atoms with van der Waals surface area (Å²) in [5, 5.41) is 2.95. The minimum Gasteiger partial charge on any atom is -0.495 e. The summed E-state index contributed by atoms with van der Waals surface area (Å²) in [4.78, 5) is 29.2. The van der Waals surface area contributed by atoms with E-state index < -0.39 is 0 Å². The first kappa shape index (κ1) is 19.7. The Hall–Kier alpha value is -2.08. The average molecular weight is 373 g/mol. The fraction of sp³-hybridized carbons (Fsp3) is 0.619. The molecule has 0 aromatic heterocycles. The number of nitrogens with one attached hydrogen (secondary N) is 1. The van der Waals surface area contributed by atoms with E-state index in [2.05, 4.69) is 10.2 Å². The molecule has 6 nitrogen and oxygen atoms in total. The van der Waals surface area contributed by atoms with Gasteiger partial charge in [-0.2, -0.15) is 0 Å². The third-order valence-electron chi connectivity index (χ3n) is 5.90. The van der Waals surface area contributed by atoms with E-state index >= 15 is 0 Å². The van der Waals surface area contributed by atoms with E-state index in [1.807, 2.05) is 36.1 Å². The minimum absolute atomic E-state index is 0.0507. The molecule has 1 heterocycles. The van der Waals surface area contributed by atoms with Crippen molar-refractivity contribution in [3.8, 4) is 5.75 Å². The van der Waals surface area contributed by atoms with Crippen molar-refractivity contribution in [3.63, 3.8) is 0 Å². The van der Waals surface area contributed by atoms with E-state index in [1.54, 1.807) is 7.11 Å². The summed E-state index contributed by atoms with van der Waals surface area (Å²) in [7, 11) is 1.59. The maximum Gasteiger partial charge on any atom is 0.241 e. The number of para-hydroxylation sites is 2. The van der Waals surface area contributed by atoms with E-state index in [9.17, 15) is 9.59 Å². The van der Waals surface area contributed by atoms with Crippen molar-refractivity contribution >= 4 is 17.5 Å². The van der Waals surface area contributed by atoms with Crippen LogP contribution in [0.3, 0.4) is 0 Å². The van der Waals surface area contributed by atoms with Gasteiger partial charge in [-0.25, -0.2) is 0 Å². The smallest absolute Gasteiger partial charge is 0.241 e. The Morgan fingerprint density at radius 3 is 2.48 bits per heavy atom. The van der Waals surface area contributed by atoms with Gasteiger partial charge in [-0.15, -0.1) is 0 Å². The van der Waals surface area contributed by atoms with Gasteiger partial charge in [0.25, 0.3) is 0 Å². The van der Waals surface area contributed by atoms with Gasteiger partial charge in [0.1, 0.15) is 5.75 Å². The minimum atomic E-state index is -0.248. The summed E-state index contributed by atoms with van der Waals surface area (Å²) in [6.07, 6.45) is 5.64. The highest BCUT2D eigenvalue weighted by Crippen LogP contribution is 2.28. The van der Waals surface area contributed by atoms with Crippen molar-refractivity contribution in [2.45, 2.75) is 45.1 Å². The van der Waals surface area contributed by atoms with Crippen molar-refractivity contribution in [3.05, 3.63) is 24.3 Å². The zero-order chi connectivity index (χ0) is 19.2. The molecule has 1 atom stereocenters. The number of amides is 2. The largest absolute Gasteiger partial charge is 0.495 e. The molecule has 3 rings (SSSR count).